The lowest BCUT2D eigenvalue weighted by Gasteiger charge is -2.14. The molecular weight excluding hydrogens is 565 g/mol. The number of nitrogens with two attached hydrogens (primary N) is 1. The van der Waals surface area contributed by atoms with Crippen molar-refractivity contribution in [2.75, 3.05) is 24.0 Å². The smallest absolute Gasteiger partial charge is 0.235 e. The van der Waals surface area contributed by atoms with E-state index >= 15 is 0 Å². The molecule has 204 valence electrons. The van der Waals surface area contributed by atoms with E-state index in [1.54, 1.807) is 60.9 Å². The van der Waals surface area contributed by atoms with Gasteiger partial charge in [0.05, 0.1) is 17.0 Å². The molecule has 0 aliphatic rings. The van der Waals surface area contributed by atoms with E-state index in [9.17, 15) is 18.0 Å². The molecule has 39 heavy (non-hydrogen) atoms. The zero-order chi connectivity index (χ0) is 28.0. The monoisotopic (exact) mass is 588 g/mol. The molecule has 4 aromatic rings. The van der Waals surface area contributed by atoms with Crippen LogP contribution in [0.4, 0.5) is 10.8 Å². The molecule has 0 aliphatic carbocycles. The van der Waals surface area contributed by atoms with Crippen LogP contribution < -0.4 is 25.8 Å². The Kier molecular flexibility index (Phi) is 8.86. The van der Waals surface area contributed by atoms with Crippen molar-refractivity contribution in [1.82, 2.24) is 15.0 Å². The average Bonchev–Trinajstić information content (AvgIpc) is 3.54. The first-order valence-corrected chi connectivity index (χ1v) is 14.8. The van der Waals surface area contributed by atoms with E-state index in [4.69, 9.17) is 15.2 Å². The Morgan fingerprint density at radius 1 is 1.08 bits per heavy atom. The van der Waals surface area contributed by atoms with Crippen LogP contribution in [0.3, 0.4) is 0 Å². The summed E-state index contributed by atoms with van der Waals surface area (Å²) in [5.41, 5.74) is 6.35. The van der Waals surface area contributed by atoms with Gasteiger partial charge in [0.15, 0.2) is 42.7 Å². The predicted octanol–water partition coefficient (Wildman–Crippen LogP) is 3.79. The minimum Gasteiger partial charge on any atom is -0.493 e. The van der Waals surface area contributed by atoms with Gasteiger partial charge in [-0.05, 0) is 36.0 Å². The fraction of sp³-hybridized carbons (Fsp3) is 0.167. The Morgan fingerprint density at radius 3 is 2.41 bits per heavy atom. The molecule has 2 aromatic carbocycles. The fourth-order valence-corrected chi connectivity index (χ4v) is 6.03. The lowest BCUT2D eigenvalue weighted by molar-refractivity contribution is -0.123. The number of nitrogens with one attached hydrogen (secondary N) is 3. The maximum Gasteiger partial charge on any atom is 0.235 e. The van der Waals surface area contributed by atoms with Crippen molar-refractivity contribution >= 4 is 55.6 Å². The number of H-pyrrole nitrogens is 1. The number of para-hydroxylation sites is 4. The highest BCUT2D eigenvalue weighted by molar-refractivity contribution is 8.01. The summed E-state index contributed by atoms with van der Waals surface area (Å²) < 4.78 is 35.8. The highest BCUT2D eigenvalue weighted by Gasteiger charge is 2.27. The number of imidazole rings is 1. The van der Waals surface area contributed by atoms with Crippen LogP contribution >= 0.6 is 23.1 Å². The molecule has 0 radical (unpaired) electrons. The topological polar surface area (TPSA) is 178 Å². The van der Waals surface area contributed by atoms with Gasteiger partial charge in [-0.1, -0.05) is 35.6 Å². The molecule has 2 aromatic heterocycles. The van der Waals surface area contributed by atoms with E-state index in [2.05, 4.69) is 25.6 Å². The average molecular weight is 589 g/mol. The second kappa shape index (κ2) is 12.3. The van der Waals surface area contributed by atoms with Gasteiger partial charge in [-0.25, -0.2) is 18.4 Å². The van der Waals surface area contributed by atoms with Crippen molar-refractivity contribution in [3.8, 4) is 17.2 Å². The van der Waals surface area contributed by atoms with Gasteiger partial charge < -0.3 is 30.8 Å². The Morgan fingerprint density at radius 2 is 1.74 bits per heavy atom. The molecular formula is C24H24N6O6S3. The number of hydrogen-bond acceptors (Lipinski definition) is 11. The third-order valence-corrected chi connectivity index (χ3v) is 8.27. The van der Waals surface area contributed by atoms with Crippen LogP contribution in [0.5, 0.6) is 17.2 Å². The van der Waals surface area contributed by atoms with Crippen LogP contribution in [0.2, 0.25) is 0 Å². The lowest BCUT2D eigenvalue weighted by Crippen LogP contribution is -2.22. The largest absolute Gasteiger partial charge is 0.493 e. The van der Waals surface area contributed by atoms with Crippen molar-refractivity contribution in [3.63, 3.8) is 0 Å². The van der Waals surface area contributed by atoms with Gasteiger partial charge in [0.1, 0.15) is 12.1 Å². The summed E-state index contributed by atoms with van der Waals surface area (Å²) >= 11 is 2.15. The Balaban J connectivity index is 1.44. The minimum absolute atomic E-state index is 0.0751. The highest BCUT2D eigenvalue weighted by Crippen LogP contribution is 2.39. The molecule has 0 spiro atoms. The second-order valence-electron chi connectivity index (χ2n) is 7.96. The molecule has 0 aliphatic heterocycles. The SMILES string of the molecule is COc1ccccc1Oc1ccccc1NC(=O)CC(=O)Nc1nc(C(N)S(C)(=O)=O)c(Sc2ncc[nH]2)s1. The Hall–Kier alpha value is -3.92. The number of benzene rings is 2. The number of anilines is 2. The molecule has 4 rings (SSSR count). The molecule has 0 fully saturated rings. The third kappa shape index (κ3) is 7.35. The number of carbonyl (C=O) groups is 2. The number of nitrogens with zero attached hydrogens (tertiary/aromatic N) is 2. The molecule has 0 saturated heterocycles. The highest BCUT2D eigenvalue weighted by atomic mass is 32.2. The van der Waals surface area contributed by atoms with Crippen molar-refractivity contribution in [2.45, 2.75) is 21.2 Å². The van der Waals surface area contributed by atoms with E-state index in [0.717, 1.165) is 29.4 Å². The van der Waals surface area contributed by atoms with Crippen molar-refractivity contribution in [2.24, 2.45) is 5.73 Å². The number of carbonyl (C=O) groups excluding carboxylic acids is 2. The van der Waals surface area contributed by atoms with Crippen molar-refractivity contribution in [3.05, 3.63) is 66.6 Å². The molecule has 5 N–H and O–H groups in total. The molecule has 12 nitrogen and oxygen atoms in total. The summed E-state index contributed by atoms with van der Waals surface area (Å²) in [5, 5.41) is 4.39. The van der Waals surface area contributed by atoms with Crippen molar-refractivity contribution < 1.29 is 27.5 Å². The normalized spacial score (nSPS) is 12.0. The van der Waals surface area contributed by atoms with Gasteiger partial charge in [0, 0.05) is 18.6 Å². The lowest BCUT2D eigenvalue weighted by atomic mass is 10.2. The van der Waals surface area contributed by atoms with Crippen LogP contribution in [-0.2, 0) is 19.4 Å². The predicted molar refractivity (Wildman–Crippen MR) is 148 cm³/mol. The zero-order valence-corrected chi connectivity index (χ0v) is 23.2. The van der Waals surface area contributed by atoms with Crippen LogP contribution in [0.1, 0.15) is 17.5 Å². The summed E-state index contributed by atoms with van der Waals surface area (Å²) in [6, 6.07) is 13.8. The standard InChI is InChI=1S/C24H24N6O6S3/c1-35-16-9-5-6-10-17(16)36-15-8-4-3-7-14(15)28-18(31)13-19(32)29-24-30-20(21(25)39(2,33)34)22(38-24)37-23-26-11-12-27-23/h3-12,21H,13,25H2,1-2H3,(H,26,27)(H,28,31)(H,29,30,32). The van der Waals surface area contributed by atoms with E-state index in [1.807, 2.05) is 0 Å². The van der Waals surface area contributed by atoms with Gasteiger partial charge in [-0.2, -0.15) is 0 Å². The first kappa shape index (κ1) is 28.1. The third-order valence-electron chi connectivity index (χ3n) is 5.03. The number of rotatable bonds is 11. The molecule has 1 atom stereocenters. The second-order valence-corrected chi connectivity index (χ2v) is 12.4. The summed E-state index contributed by atoms with van der Waals surface area (Å²) in [7, 11) is -2.15. The summed E-state index contributed by atoms with van der Waals surface area (Å²) in [6.07, 6.45) is 3.62. The first-order valence-electron chi connectivity index (χ1n) is 11.3. The molecule has 1 unspecified atom stereocenters. The number of methoxy groups -OCH3 is 1. The van der Waals surface area contributed by atoms with Crippen LogP contribution in [-0.4, -0.2) is 48.5 Å². The van der Waals surface area contributed by atoms with Crippen LogP contribution in [0.15, 0.2) is 70.3 Å². The number of amides is 2. The van der Waals surface area contributed by atoms with E-state index in [1.165, 1.54) is 7.11 Å². The van der Waals surface area contributed by atoms with Gasteiger partial charge in [0.25, 0.3) is 0 Å². The van der Waals surface area contributed by atoms with Gasteiger partial charge in [-0.3, -0.25) is 9.59 Å². The maximum absolute atomic E-state index is 12.7. The number of thiazole rings is 1. The molecule has 2 amide bonds. The molecule has 0 saturated carbocycles. The van der Waals surface area contributed by atoms with Crippen LogP contribution in [0.25, 0.3) is 0 Å². The van der Waals surface area contributed by atoms with Crippen LogP contribution in [0, 0.1) is 0 Å². The van der Waals surface area contributed by atoms with Gasteiger partial charge in [0.2, 0.25) is 11.8 Å². The minimum atomic E-state index is -3.68. The number of aromatic amines is 1. The van der Waals surface area contributed by atoms with E-state index < -0.39 is 33.4 Å². The Labute approximate surface area is 232 Å². The Bertz CT molecular complexity index is 1570. The number of aromatic nitrogens is 3. The number of hydrogen-bond donors (Lipinski definition) is 4. The molecule has 2 heterocycles. The summed E-state index contributed by atoms with van der Waals surface area (Å²) in [6.45, 7) is 0. The van der Waals surface area contributed by atoms with E-state index in [-0.39, 0.29) is 10.8 Å². The fourth-order valence-electron chi connectivity index (χ4n) is 3.21. The van der Waals surface area contributed by atoms with E-state index in [0.29, 0.717) is 32.3 Å². The summed E-state index contributed by atoms with van der Waals surface area (Å²) in [5.74, 6) is 0.0713. The zero-order valence-electron chi connectivity index (χ0n) is 20.7. The number of sulfone groups is 1. The van der Waals surface area contributed by atoms with Gasteiger partial charge >= 0.3 is 0 Å². The maximum atomic E-state index is 12.7. The number of ether oxygens (including phenoxy) is 2. The molecule has 15 heteroatoms. The van der Waals surface area contributed by atoms with Crippen molar-refractivity contribution in [1.29, 1.82) is 0 Å². The first-order chi connectivity index (χ1) is 18.6. The molecule has 0 bridgehead atoms. The summed E-state index contributed by atoms with van der Waals surface area (Å²) in [4.78, 5) is 36.6. The quantitative estimate of drug-likeness (QED) is 0.188. The van der Waals surface area contributed by atoms with Gasteiger partial charge in [-0.15, -0.1) is 0 Å².